The first-order valence-electron chi connectivity index (χ1n) is 5.50. The summed E-state index contributed by atoms with van der Waals surface area (Å²) in [6, 6.07) is 0. The summed E-state index contributed by atoms with van der Waals surface area (Å²) in [4.78, 5) is 0. The van der Waals surface area contributed by atoms with Crippen LogP contribution in [-0.2, 0) is 19.2 Å². The van der Waals surface area contributed by atoms with Crippen LogP contribution in [0.3, 0.4) is 0 Å². The minimum atomic E-state index is 0. The van der Waals surface area contributed by atoms with Crippen LogP contribution in [0.1, 0.15) is 26.7 Å². The maximum absolute atomic E-state index is 3.12. The molecule has 4 heteroatoms. The molecule has 0 aromatic rings. The Bertz CT molecular complexity index is 328. The monoisotopic (exact) mass is 334 g/mol. The average Bonchev–Trinajstić information content (AvgIpc) is 2.81. The van der Waals surface area contributed by atoms with Gasteiger partial charge in [-0.25, -0.2) is 23.8 Å². The minimum absolute atomic E-state index is 0. The van der Waals surface area contributed by atoms with E-state index in [1.165, 1.54) is 11.1 Å². The van der Waals surface area contributed by atoms with Crippen molar-refractivity contribution in [1.29, 1.82) is 0 Å². The van der Waals surface area contributed by atoms with Crippen LogP contribution < -0.4 is 24.8 Å². The fraction of sp³-hybridized carbons (Fsp3) is 0.429. The van der Waals surface area contributed by atoms with Gasteiger partial charge in [0.1, 0.15) is 0 Å². The molecule has 0 N–H and O–H groups in total. The summed E-state index contributed by atoms with van der Waals surface area (Å²) in [6.45, 7) is 8.80. The second-order valence-corrected chi connectivity index (χ2v) is 10.7. The molecule has 0 heterocycles. The van der Waals surface area contributed by atoms with E-state index in [9.17, 15) is 0 Å². The molecule has 100 valence electrons. The molecular weight excluding hydrogens is 315 g/mol. The Balaban J connectivity index is -0.000000185. The molecule has 0 bridgehead atoms. The van der Waals surface area contributed by atoms with Crippen LogP contribution in [-0.4, -0.2) is 6.19 Å². The van der Waals surface area contributed by atoms with Crippen LogP contribution in [0, 0.1) is 12.2 Å². The summed E-state index contributed by atoms with van der Waals surface area (Å²) in [7, 11) is 0. The number of hydrogen-bond acceptors (Lipinski definition) is 0. The Morgan fingerprint density at radius 2 is 1.72 bits per heavy atom. The molecule has 0 amide bonds. The maximum Gasteiger partial charge on any atom is -0.109 e. The molecule has 2 aliphatic rings. The van der Waals surface area contributed by atoms with Gasteiger partial charge in [-0.05, 0) is 0 Å². The third kappa shape index (κ3) is 16.5. The number of rotatable bonds is 0. The molecule has 0 atom stereocenters. The van der Waals surface area contributed by atoms with Gasteiger partial charge in [0.25, 0.3) is 0 Å². The topological polar surface area (TPSA) is 0 Å². The van der Waals surface area contributed by atoms with Gasteiger partial charge in [0.15, 0.2) is 0 Å². The fourth-order valence-corrected chi connectivity index (χ4v) is 0.960. The van der Waals surface area contributed by atoms with Crippen LogP contribution in [0.15, 0.2) is 35.5 Å². The Kier molecular flexibility index (Phi) is 20.3. The van der Waals surface area contributed by atoms with Crippen molar-refractivity contribution in [3.63, 3.8) is 0 Å². The molecule has 0 spiro atoms. The van der Waals surface area contributed by atoms with Crippen LogP contribution in [0.4, 0.5) is 0 Å². The summed E-state index contributed by atoms with van der Waals surface area (Å²) in [5.41, 5.74) is 2.85. The molecular formula is C14H20Cl2SiTi-2. The van der Waals surface area contributed by atoms with E-state index in [0.29, 0.717) is 0 Å². The van der Waals surface area contributed by atoms with Crippen molar-refractivity contribution < 1.29 is 44.0 Å². The summed E-state index contributed by atoms with van der Waals surface area (Å²) in [6.07, 6.45) is 16.3. The van der Waals surface area contributed by atoms with Crippen molar-refractivity contribution in [1.82, 2.24) is 0 Å². The van der Waals surface area contributed by atoms with Gasteiger partial charge in [-0.3, -0.25) is 12.2 Å². The van der Waals surface area contributed by atoms with Crippen molar-refractivity contribution in [3.8, 4) is 0 Å². The molecule has 2 rings (SSSR count). The van der Waals surface area contributed by atoms with E-state index in [1.54, 1.807) is 0 Å². The van der Waals surface area contributed by atoms with E-state index >= 15 is 0 Å². The largest absolute Gasteiger partial charge is 1.00 e. The summed E-state index contributed by atoms with van der Waals surface area (Å²) in [5.74, 6) is 0. The minimum Gasteiger partial charge on any atom is -1.00 e. The van der Waals surface area contributed by atoms with Crippen molar-refractivity contribution >= 4 is 6.19 Å². The number of allylic oxidation sites excluding steroid dienone is 8. The molecule has 0 aromatic heterocycles. The van der Waals surface area contributed by atoms with Gasteiger partial charge in [0, 0.05) is 0 Å². The van der Waals surface area contributed by atoms with Gasteiger partial charge in [-0.2, -0.15) is 11.6 Å². The van der Waals surface area contributed by atoms with E-state index in [2.05, 4.69) is 70.4 Å². The molecule has 0 saturated heterocycles. The van der Waals surface area contributed by atoms with E-state index in [4.69, 9.17) is 0 Å². The van der Waals surface area contributed by atoms with Crippen LogP contribution >= 0.6 is 0 Å². The molecule has 18 heavy (non-hydrogen) atoms. The second kappa shape index (κ2) is 15.5. The standard InChI is InChI=1S/C7H9.C5H5.C2H6Si.2ClH.Ti/c1-6-4-3-5-7(6)2;1-2-4-5-3-1;1-3-2;;;/h4H,5H2,1-2H3;1-3H,4H2;1-2H3;2*1H;/q2*-1;;;;+2/p-2. The zero-order valence-corrected chi connectivity index (χ0v) is 15.6. The molecule has 0 aliphatic heterocycles. The van der Waals surface area contributed by atoms with Gasteiger partial charge in [-0.15, -0.1) is 19.8 Å². The van der Waals surface area contributed by atoms with Crippen molar-refractivity contribution in [2.24, 2.45) is 0 Å². The summed E-state index contributed by atoms with van der Waals surface area (Å²) in [5, 5.41) is 0. The Labute approximate surface area is 137 Å². The quantitative estimate of drug-likeness (QED) is 0.362. The molecule has 0 fully saturated rings. The molecule has 0 unspecified atom stereocenters. The SMILES string of the molecule is CC1=C(C)C[C-]=C1.C[Si](C)=[Ti+2].[C-]1=CC=CC1.[Cl-].[Cl-]. The zero-order chi connectivity index (χ0) is 12.4. The molecule has 2 aliphatic carbocycles. The van der Waals surface area contributed by atoms with Crippen molar-refractivity contribution in [3.05, 3.63) is 47.6 Å². The Morgan fingerprint density at radius 3 is 1.83 bits per heavy atom. The summed E-state index contributed by atoms with van der Waals surface area (Å²) < 4.78 is 0. The van der Waals surface area contributed by atoms with E-state index in [0.717, 1.165) is 12.8 Å². The van der Waals surface area contributed by atoms with Crippen molar-refractivity contribution in [2.75, 3.05) is 0 Å². The molecule has 0 radical (unpaired) electrons. The first kappa shape index (κ1) is 23.6. The smallest absolute Gasteiger partial charge is 0.109 e. The van der Waals surface area contributed by atoms with Gasteiger partial charge in [0.2, 0.25) is 0 Å². The molecule has 0 saturated carbocycles. The van der Waals surface area contributed by atoms with Crippen LogP contribution in [0.2, 0.25) is 13.1 Å². The third-order valence-electron chi connectivity index (χ3n) is 1.94. The average molecular weight is 335 g/mol. The first-order chi connectivity index (χ1) is 7.54. The maximum atomic E-state index is 3.12. The normalized spacial score (nSPS) is 13.9. The van der Waals surface area contributed by atoms with Crippen molar-refractivity contribution in [2.45, 2.75) is 39.8 Å². The van der Waals surface area contributed by atoms with E-state index < -0.39 is 0 Å². The number of halogens is 2. The van der Waals surface area contributed by atoms with Gasteiger partial charge in [-0.1, -0.05) is 6.92 Å². The van der Waals surface area contributed by atoms with Gasteiger partial charge < -0.3 is 24.8 Å². The van der Waals surface area contributed by atoms with Gasteiger partial charge >= 0.3 is 38.5 Å². The number of hydrogen-bond donors (Lipinski definition) is 0. The third-order valence-corrected chi connectivity index (χ3v) is 1.94. The Hall–Kier alpha value is 0.471. The predicted octanol–water partition coefficient (Wildman–Crippen LogP) is -1.82. The second-order valence-electron chi connectivity index (χ2n) is 3.99. The molecule has 0 nitrogen and oxygen atoms in total. The predicted molar refractivity (Wildman–Crippen MR) is 69.9 cm³/mol. The van der Waals surface area contributed by atoms with Crippen LogP contribution in [0.25, 0.3) is 0 Å². The first-order valence-corrected chi connectivity index (χ1v) is 10.3. The fourth-order valence-electron chi connectivity index (χ4n) is 0.960. The van der Waals surface area contributed by atoms with Gasteiger partial charge in [0.05, 0.1) is 0 Å². The van der Waals surface area contributed by atoms with Crippen LogP contribution in [0.5, 0.6) is 0 Å². The van der Waals surface area contributed by atoms with E-state index in [-0.39, 0.29) is 31.0 Å². The Morgan fingerprint density at radius 1 is 1.17 bits per heavy atom. The summed E-state index contributed by atoms with van der Waals surface area (Å²) >= 11 is 2.27. The van der Waals surface area contributed by atoms with E-state index in [1.807, 2.05) is 12.2 Å². The molecule has 0 aromatic carbocycles. The zero-order valence-electron chi connectivity index (χ0n) is 11.5.